The predicted octanol–water partition coefficient (Wildman–Crippen LogP) is 2.35. The van der Waals surface area contributed by atoms with Gasteiger partial charge in [0.25, 0.3) is 0 Å². The van der Waals surface area contributed by atoms with Crippen LogP contribution in [0.4, 0.5) is 5.69 Å². The zero-order valence-electron chi connectivity index (χ0n) is 11.9. The van der Waals surface area contributed by atoms with Crippen molar-refractivity contribution >= 4 is 11.6 Å². The van der Waals surface area contributed by atoms with Gasteiger partial charge in [0.1, 0.15) is 11.4 Å². The Kier molecular flexibility index (Phi) is 4.42. The fourth-order valence-electron chi connectivity index (χ4n) is 2.19. The van der Waals surface area contributed by atoms with Gasteiger partial charge >= 0.3 is 0 Å². The molecular weight excluding hydrogens is 244 g/mol. The van der Waals surface area contributed by atoms with E-state index >= 15 is 0 Å². The number of nitrogen functional groups attached to an aromatic ring is 1. The first-order chi connectivity index (χ1) is 8.66. The van der Waals surface area contributed by atoms with Crippen LogP contribution < -0.4 is 16.0 Å². The molecule has 0 aliphatic heterocycles. The first-order valence-electron chi connectivity index (χ1n) is 6.15. The smallest absolute Gasteiger partial charge is 0.249 e. The summed E-state index contributed by atoms with van der Waals surface area (Å²) in [6, 6.07) is 7.10. The van der Waals surface area contributed by atoms with Crippen LogP contribution in [0.1, 0.15) is 34.1 Å². The highest BCUT2D eigenvalue weighted by molar-refractivity contribution is 5.80. The molecule has 0 atom stereocenters. The third-order valence-corrected chi connectivity index (χ3v) is 2.86. The molecule has 0 saturated heterocycles. The first-order valence-corrected chi connectivity index (χ1v) is 6.15. The van der Waals surface area contributed by atoms with Crippen LogP contribution in [-0.4, -0.2) is 16.7 Å². The molecule has 0 aromatic heterocycles. The minimum atomic E-state index is -0.730. The van der Waals surface area contributed by atoms with Gasteiger partial charge < -0.3 is 10.5 Å². The van der Waals surface area contributed by atoms with Gasteiger partial charge in [-0.25, -0.2) is 5.48 Å². The third kappa shape index (κ3) is 4.44. The number of hydrogen-bond acceptors (Lipinski definition) is 4. The van der Waals surface area contributed by atoms with Crippen LogP contribution in [0.5, 0.6) is 5.75 Å². The molecule has 0 bridgehead atoms. The number of hydrogen-bond donors (Lipinski definition) is 3. The number of amides is 1. The second-order valence-corrected chi connectivity index (χ2v) is 5.93. The fraction of sp³-hybridized carbons (Fsp3) is 0.500. The summed E-state index contributed by atoms with van der Waals surface area (Å²) < 4.78 is 5.87. The summed E-state index contributed by atoms with van der Waals surface area (Å²) in [5.74, 6) is 0.265. The summed E-state index contributed by atoms with van der Waals surface area (Å²) in [7, 11) is 0. The molecule has 4 N–H and O–H groups in total. The molecule has 1 amide bonds. The Labute approximate surface area is 113 Å². The van der Waals surface area contributed by atoms with E-state index in [0.717, 1.165) is 0 Å². The monoisotopic (exact) mass is 266 g/mol. The van der Waals surface area contributed by atoms with Crippen LogP contribution in [0.2, 0.25) is 0 Å². The Morgan fingerprint density at radius 3 is 2.26 bits per heavy atom. The van der Waals surface area contributed by atoms with Crippen LogP contribution in [0.25, 0.3) is 0 Å². The number of nitrogens with one attached hydrogen (secondary N) is 1. The van der Waals surface area contributed by atoms with Crippen molar-refractivity contribution < 1.29 is 14.7 Å². The van der Waals surface area contributed by atoms with Crippen LogP contribution in [0, 0.1) is 5.41 Å². The number of carbonyl (C=O) groups is 1. The average Bonchev–Trinajstić information content (AvgIpc) is 2.29. The van der Waals surface area contributed by atoms with Crippen molar-refractivity contribution in [3.05, 3.63) is 24.3 Å². The third-order valence-electron chi connectivity index (χ3n) is 2.86. The number of benzene rings is 1. The maximum Gasteiger partial charge on any atom is 0.249 e. The summed E-state index contributed by atoms with van der Waals surface area (Å²) in [5, 5.41) is 8.73. The Morgan fingerprint density at radius 2 is 1.79 bits per heavy atom. The number of ether oxygens (including phenoxy) is 1. The van der Waals surface area contributed by atoms with E-state index in [1.165, 1.54) is 0 Å². The van der Waals surface area contributed by atoms with Gasteiger partial charge in [0, 0.05) is 17.5 Å². The van der Waals surface area contributed by atoms with Crippen molar-refractivity contribution in [2.24, 2.45) is 5.41 Å². The lowest BCUT2D eigenvalue weighted by molar-refractivity contribution is -0.140. The van der Waals surface area contributed by atoms with Crippen molar-refractivity contribution in [3.8, 4) is 5.75 Å². The molecular formula is C14H22N2O3. The molecule has 0 saturated carbocycles. The SMILES string of the molecule is CC(C)(CC(C)(C)C(=O)NO)Oc1ccc(N)cc1. The van der Waals surface area contributed by atoms with E-state index in [9.17, 15) is 4.79 Å². The van der Waals surface area contributed by atoms with Gasteiger partial charge in [0.15, 0.2) is 0 Å². The molecule has 0 heterocycles. The molecule has 5 heteroatoms. The lowest BCUT2D eigenvalue weighted by Gasteiger charge is -2.33. The number of rotatable bonds is 5. The topological polar surface area (TPSA) is 84.6 Å². The van der Waals surface area contributed by atoms with Gasteiger partial charge in [-0.3, -0.25) is 10.0 Å². The molecule has 19 heavy (non-hydrogen) atoms. The zero-order valence-corrected chi connectivity index (χ0v) is 11.9. The molecule has 0 spiro atoms. The van der Waals surface area contributed by atoms with Crippen LogP contribution >= 0.6 is 0 Å². The van der Waals surface area contributed by atoms with Gasteiger partial charge in [-0.1, -0.05) is 13.8 Å². The van der Waals surface area contributed by atoms with E-state index in [4.69, 9.17) is 15.7 Å². The van der Waals surface area contributed by atoms with E-state index in [-0.39, 0.29) is 0 Å². The van der Waals surface area contributed by atoms with Gasteiger partial charge in [0.2, 0.25) is 5.91 Å². The average molecular weight is 266 g/mol. The second kappa shape index (κ2) is 5.48. The number of hydroxylamine groups is 1. The highest BCUT2D eigenvalue weighted by Gasteiger charge is 2.36. The Hall–Kier alpha value is -1.75. The largest absolute Gasteiger partial charge is 0.488 e. The molecule has 0 fully saturated rings. The normalized spacial score (nSPS) is 12.1. The van der Waals surface area contributed by atoms with Gasteiger partial charge in [0.05, 0.1) is 0 Å². The highest BCUT2D eigenvalue weighted by atomic mass is 16.5. The van der Waals surface area contributed by atoms with Crippen molar-refractivity contribution in [2.45, 2.75) is 39.7 Å². The lowest BCUT2D eigenvalue weighted by atomic mass is 9.81. The minimum absolute atomic E-state index is 0.429. The van der Waals surface area contributed by atoms with Crippen LogP contribution in [0.3, 0.4) is 0 Å². The van der Waals surface area contributed by atoms with Gasteiger partial charge in [-0.15, -0.1) is 0 Å². The Bertz CT molecular complexity index is 439. The van der Waals surface area contributed by atoms with E-state index in [1.54, 1.807) is 43.6 Å². The minimum Gasteiger partial charge on any atom is -0.488 e. The molecule has 0 radical (unpaired) electrons. The molecule has 1 aromatic carbocycles. The second-order valence-electron chi connectivity index (χ2n) is 5.93. The van der Waals surface area contributed by atoms with Crippen molar-refractivity contribution in [1.82, 2.24) is 5.48 Å². The van der Waals surface area contributed by atoms with Crippen molar-refractivity contribution in [2.75, 3.05) is 5.73 Å². The quantitative estimate of drug-likeness (QED) is 0.434. The van der Waals surface area contributed by atoms with Crippen molar-refractivity contribution in [3.63, 3.8) is 0 Å². The maximum atomic E-state index is 11.6. The summed E-state index contributed by atoms with van der Waals surface area (Å²) in [5.41, 5.74) is 6.69. The van der Waals surface area contributed by atoms with Crippen LogP contribution in [0.15, 0.2) is 24.3 Å². The summed E-state index contributed by atoms with van der Waals surface area (Å²) in [6.07, 6.45) is 0.455. The van der Waals surface area contributed by atoms with Crippen LogP contribution in [-0.2, 0) is 4.79 Å². The number of carbonyl (C=O) groups excluding carboxylic acids is 1. The van der Waals surface area contributed by atoms with Gasteiger partial charge in [-0.05, 0) is 38.1 Å². The lowest BCUT2D eigenvalue weighted by Crippen LogP contribution is -2.42. The summed E-state index contributed by atoms with van der Waals surface area (Å²) in [4.78, 5) is 11.6. The molecule has 0 aliphatic rings. The van der Waals surface area contributed by atoms with E-state index in [1.807, 2.05) is 13.8 Å². The standard InChI is InChI=1S/C14H22N2O3/c1-13(2,12(17)16-18)9-14(3,4)19-11-7-5-10(15)6-8-11/h5-8,18H,9,15H2,1-4H3,(H,16,17). The molecule has 1 aromatic rings. The molecule has 0 aliphatic carbocycles. The Balaban J connectivity index is 2.76. The molecule has 0 unspecified atom stereocenters. The molecule has 106 valence electrons. The summed E-state index contributed by atoms with van der Waals surface area (Å²) >= 11 is 0. The number of anilines is 1. The number of nitrogens with two attached hydrogens (primary N) is 1. The van der Waals surface area contributed by atoms with E-state index < -0.39 is 16.9 Å². The zero-order chi connectivity index (χ0) is 14.7. The van der Waals surface area contributed by atoms with E-state index in [0.29, 0.717) is 17.9 Å². The molecule has 1 rings (SSSR count). The Morgan fingerprint density at radius 1 is 1.26 bits per heavy atom. The first kappa shape index (κ1) is 15.3. The highest BCUT2D eigenvalue weighted by Crippen LogP contribution is 2.31. The molecule has 5 nitrogen and oxygen atoms in total. The fourth-order valence-corrected chi connectivity index (χ4v) is 2.19. The van der Waals surface area contributed by atoms with Crippen molar-refractivity contribution in [1.29, 1.82) is 0 Å². The maximum absolute atomic E-state index is 11.6. The predicted molar refractivity (Wildman–Crippen MR) is 73.9 cm³/mol. The van der Waals surface area contributed by atoms with Gasteiger partial charge in [-0.2, -0.15) is 0 Å². The van der Waals surface area contributed by atoms with E-state index in [2.05, 4.69) is 0 Å². The summed E-state index contributed by atoms with van der Waals surface area (Å²) in [6.45, 7) is 7.31.